The molecule has 0 aliphatic heterocycles. The van der Waals surface area contributed by atoms with Gasteiger partial charge in [-0.3, -0.25) is 0 Å². The Morgan fingerprint density at radius 3 is 2.00 bits per heavy atom. The summed E-state index contributed by atoms with van der Waals surface area (Å²) >= 11 is 1.72. The molecular formula is C27H28N2S. The number of thiazole rings is 1. The summed E-state index contributed by atoms with van der Waals surface area (Å²) in [4.78, 5) is 6.04. The molecule has 152 valence electrons. The Bertz CT molecular complexity index is 1130. The van der Waals surface area contributed by atoms with E-state index in [1.807, 2.05) is 0 Å². The van der Waals surface area contributed by atoms with Crippen molar-refractivity contribution in [2.45, 2.75) is 39.7 Å². The van der Waals surface area contributed by atoms with Crippen LogP contribution in [0.25, 0.3) is 11.3 Å². The van der Waals surface area contributed by atoms with Crippen LogP contribution in [0.5, 0.6) is 0 Å². The lowest BCUT2D eigenvalue weighted by Gasteiger charge is -2.10. The van der Waals surface area contributed by atoms with Gasteiger partial charge in [0.25, 0.3) is 0 Å². The second-order valence-electron chi connectivity index (χ2n) is 7.47. The summed E-state index contributed by atoms with van der Waals surface area (Å²) in [5, 5.41) is 2.24. The maximum Gasteiger partial charge on any atom is 0.190 e. The van der Waals surface area contributed by atoms with Crippen molar-refractivity contribution >= 4 is 17.0 Å². The maximum atomic E-state index is 4.99. The van der Waals surface area contributed by atoms with E-state index in [-0.39, 0.29) is 0 Å². The van der Waals surface area contributed by atoms with Gasteiger partial charge in [-0.25, -0.2) is 4.99 Å². The summed E-state index contributed by atoms with van der Waals surface area (Å²) in [6, 6.07) is 28.2. The molecule has 3 aromatic carbocycles. The van der Waals surface area contributed by atoms with Gasteiger partial charge in [0.1, 0.15) is 0 Å². The highest BCUT2D eigenvalue weighted by molar-refractivity contribution is 7.07. The normalized spacial score (nSPS) is 11.7. The molecule has 4 rings (SSSR count). The Kier molecular flexibility index (Phi) is 6.60. The summed E-state index contributed by atoms with van der Waals surface area (Å²) in [5.74, 6) is 0. The van der Waals surface area contributed by atoms with Crippen LogP contribution in [0, 0.1) is 0 Å². The van der Waals surface area contributed by atoms with Crippen molar-refractivity contribution in [1.29, 1.82) is 0 Å². The standard InChI is InChI=1S/C27H28N2S/c1-3-21-10-14-24(15-11-21)26-20-30-27(28-25-16-12-22(4-2)13-17-25)29(26)19-18-23-8-6-5-7-9-23/h5-17,20H,3-4,18-19H2,1-2H3. The van der Waals surface area contributed by atoms with E-state index in [1.54, 1.807) is 11.3 Å². The molecule has 30 heavy (non-hydrogen) atoms. The molecule has 1 heterocycles. The molecule has 0 radical (unpaired) electrons. The van der Waals surface area contributed by atoms with Crippen molar-refractivity contribution in [3.8, 4) is 11.3 Å². The molecule has 0 atom stereocenters. The molecule has 0 saturated carbocycles. The lowest BCUT2D eigenvalue weighted by molar-refractivity contribution is 0.684. The van der Waals surface area contributed by atoms with Crippen molar-refractivity contribution in [1.82, 2.24) is 4.57 Å². The van der Waals surface area contributed by atoms with Gasteiger partial charge in [0, 0.05) is 11.9 Å². The fraction of sp³-hybridized carbons (Fsp3) is 0.222. The second kappa shape index (κ2) is 9.73. The molecule has 0 aliphatic rings. The first-order valence-electron chi connectivity index (χ1n) is 10.7. The number of hydrogen-bond acceptors (Lipinski definition) is 2. The van der Waals surface area contributed by atoms with Crippen LogP contribution >= 0.6 is 11.3 Å². The van der Waals surface area contributed by atoms with Gasteiger partial charge >= 0.3 is 0 Å². The summed E-state index contributed by atoms with van der Waals surface area (Å²) in [5.41, 5.74) is 7.55. The highest BCUT2D eigenvalue weighted by atomic mass is 32.1. The number of hydrogen-bond donors (Lipinski definition) is 0. The molecule has 1 aromatic heterocycles. The van der Waals surface area contributed by atoms with Gasteiger partial charge in [-0.2, -0.15) is 0 Å². The quantitative estimate of drug-likeness (QED) is 0.317. The van der Waals surface area contributed by atoms with Gasteiger partial charge in [-0.15, -0.1) is 11.3 Å². The molecule has 0 spiro atoms. The van der Waals surface area contributed by atoms with Crippen molar-refractivity contribution in [2.75, 3.05) is 0 Å². The van der Waals surface area contributed by atoms with Crippen molar-refractivity contribution in [2.24, 2.45) is 4.99 Å². The van der Waals surface area contributed by atoms with Crippen molar-refractivity contribution in [3.05, 3.63) is 106 Å². The molecular weight excluding hydrogens is 384 g/mol. The zero-order chi connectivity index (χ0) is 20.8. The number of nitrogens with zero attached hydrogens (tertiary/aromatic N) is 2. The second-order valence-corrected chi connectivity index (χ2v) is 8.31. The lowest BCUT2D eigenvalue weighted by Crippen LogP contribution is -2.17. The van der Waals surface area contributed by atoms with E-state index in [0.29, 0.717) is 0 Å². The minimum atomic E-state index is 0.907. The summed E-state index contributed by atoms with van der Waals surface area (Å²) in [7, 11) is 0. The van der Waals surface area contributed by atoms with Crippen molar-refractivity contribution in [3.63, 3.8) is 0 Å². The van der Waals surface area contributed by atoms with Crippen LogP contribution in [0.2, 0.25) is 0 Å². The minimum absolute atomic E-state index is 0.907. The van der Waals surface area contributed by atoms with E-state index in [0.717, 1.165) is 36.3 Å². The third-order valence-electron chi connectivity index (χ3n) is 5.49. The molecule has 0 aliphatic carbocycles. The summed E-state index contributed by atoms with van der Waals surface area (Å²) in [6.07, 6.45) is 3.10. The van der Waals surface area contributed by atoms with Gasteiger partial charge in [-0.05, 0) is 53.6 Å². The molecule has 0 amide bonds. The molecule has 2 nitrogen and oxygen atoms in total. The highest BCUT2D eigenvalue weighted by Gasteiger charge is 2.09. The molecule has 0 saturated heterocycles. The van der Waals surface area contributed by atoms with Crippen LogP contribution in [0.3, 0.4) is 0 Å². The zero-order valence-corrected chi connectivity index (χ0v) is 18.5. The fourth-order valence-corrected chi connectivity index (χ4v) is 4.53. The Balaban J connectivity index is 1.72. The smallest absolute Gasteiger partial charge is 0.190 e. The molecule has 3 heteroatoms. The zero-order valence-electron chi connectivity index (χ0n) is 17.7. The van der Waals surface area contributed by atoms with Crippen LogP contribution in [-0.2, 0) is 25.8 Å². The summed E-state index contributed by atoms with van der Waals surface area (Å²) in [6.45, 7) is 5.28. The Hall–Kier alpha value is -2.91. The van der Waals surface area contributed by atoms with Crippen LogP contribution < -0.4 is 4.80 Å². The van der Waals surface area contributed by atoms with E-state index in [2.05, 4.69) is 103 Å². The maximum absolute atomic E-state index is 4.99. The van der Waals surface area contributed by atoms with Crippen LogP contribution in [-0.4, -0.2) is 4.57 Å². The van der Waals surface area contributed by atoms with E-state index in [1.165, 1.54) is 27.9 Å². The Labute approximate surface area is 183 Å². The highest BCUT2D eigenvalue weighted by Crippen LogP contribution is 2.22. The van der Waals surface area contributed by atoms with E-state index in [9.17, 15) is 0 Å². The van der Waals surface area contributed by atoms with Crippen LogP contribution in [0.4, 0.5) is 5.69 Å². The van der Waals surface area contributed by atoms with Gasteiger partial charge in [0.2, 0.25) is 0 Å². The van der Waals surface area contributed by atoms with Crippen LogP contribution in [0.1, 0.15) is 30.5 Å². The monoisotopic (exact) mass is 412 g/mol. The number of rotatable bonds is 7. The number of benzene rings is 3. The topological polar surface area (TPSA) is 17.3 Å². The fourth-order valence-electron chi connectivity index (χ4n) is 3.58. The predicted octanol–water partition coefficient (Wildman–Crippen LogP) is 6.82. The van der Waals surface area contributed by atoms with Gasteiger partial charge in [0.05, 0.1) is 11.4 Å². The first-order chi connectivity index (χ1) is 14.8. The Morgan fingerprint density at radius 1 is 0.733 bits per heavy atom. The predicted molar refractivity (Wildman–Crippen MR) is 128 cm³/mol. The Morgan fingerprint density at radius 2 is 1.37 bits per heavy atom. The first-order valence-corrected chi connectivity index (χ1v) is 11.6. The van der Waals surface area contributed by atoms with Gasteiger partial charge < -0.3 is 4.57 Å². The minimum Gasteiger partial charge on any atom is -0.316 e. The van der Waals surface area contributed by atoms with E-state index >= 15 is 0 Å². The van der Waals surface area contributed by atoms with Crippen LogP contribution in [0.15, 0.2) is 89.2 Å². The van der Waals surface area contributed by atoms with E-state index < -0.39 is 0 Å². The molecule has 0 fully saturated rings. The third-order valence-corrected chi connectivity index (χ3v) is 6.36. The summed E-state index contributed by atoms with van der Waals surface area (Å²) < 4.78 is 2.37. The third kappa shape index (κ3) is 4.80. The average molecular weight is 413 g/mol. The number of aromatic nitrogens is 1. The van der Waals surface area contributed by atoms with Gasteiger partial charge in [0.15, 0.2) is 4.80 Å². The molecule has 0 unspecified atom stereocenters. The van der Waals surface area contributed by atoms with E-state index in [4.69, 9.17) is 4.99 Å². The van der Waals surface area contributed by atoms with Crippen molar-refractivity contribution < 1.29 is 0 Å². The molecule has 0 bridgehead atoms. The number of aryl methyl sites for hydroxylation is 3. The first kappa shape index (κ1) is 20.4. The van der Waals surface area contributed by atoms with Gasteiger partial charge in [-0.1, -0.05) is 80.6 Å². The lowest BCUT2D eigenvalue weighted by atomic mass is 10.1. The SMILES string of the molecule is CCc1ccc(N=c2scc(-c3ccc(CC)cc3)n2CCc2ccccc2)cc1. The molecule has 4 aromatic rings. The largest absolute Gasteiger partial charge is 0.316 e. The molecule has 0 N–H and O–H groups in total. The average Bonchev–Trinajstić information content (AvgIpc) is 3.21.